The minimum absolute atomic E-state index is 0.0296. The molecule has 2 unspecified atom stereocenters. The van der Waals surface area contributed by atoms with Crippen LogP contribution in [0, 0.1) is 12.8 Å². The Morgan fingerprint density at radius 3 is 2.79 bits per heavy atom. The Morgan fingerprint density at radius 2 is 2.16 bits per heavy atom. The molecule has 1 fully saturated rings. The molecule has 1 aliphatic rings. The highest BCUT2D eigenvalue weighted by atomic mass is 79.9. The molecule has 19 heavy (non-hydrogen) atoms. The Kier molecular flexibility index (Phi) is 4.66. The van der Waals surface area contributed by atoms with Crippen molar-refractivity contribution in [2.75, 3.05) is 6.54 Å². The van der Waals surface area contributed by atoms with Gasteiger partial charge >= 0.3 is 0 Å². The van der Waals surface area contributed by atoms with Gasteiger partial charge in [-0.3, -0.25) is 0 Å². The standard InChI is InChI=1S/C13H19BrN2O2S/c1-9-7-11(14)5-6-13(9)19(17,18)16-12-4-2-3-10(12)8-15/h5-7,10,12,16H,2-4,8,15H2,1H3. The quantitative estimate of drug-likeness (QED) is 0.877. The van der Waals surface area contributed by atoms with E-state index in [1.54, 1.807) is 19.1 Å². The van der Waals surface area contributed by atoms with Gasteiger partial charge in [0.25, 0.3) is 0 Å². The largest absolute Gasteiger partial charge is 0.330 e. The SMILES string of the molecule is Cc1cc(Br)ccc1S(=O)(=O)NC1CCCC1CN. The summed E-state index contributed by atoms with van der Waals surface area (Å²) in [4.78, 5) is 0.346. The van der Waals surface area contributed by atoms with Crippen molar-refractivity contribution in [3.8, 4) is 0 Å². The van der Waals surface area contributed by atoms with Gasteiger partial charge in [0.15, 0.2) is 0 Å². The summed E-state index contributed by atoms with van der Waals surface area (Å²) < 4.78 is 28.5. The first kappa shape index (κ1) is 15.0. The minimum Gasteiger partial charge on any atom is -0.330 e. The van der Waals surface area contributed by atoms with E-state index in [1.165, 1.54) is 0 Å². The van der Waals surface area contributed by atoms with Crippen molar-refractivity contribution in [1.29, 1.82) is 0 Å². The number of nitrogens with two attached hydrogens (primary N) is 1. The van der Waals surface area contributed by atoms with Crippen molar-refractivity contribution in [1.82, 2.24) is 4.72 Å². The van der Waals surface area contributed by atoms with Crippen LogP contribution in [0.2, 0.25) is 0 Å². The van der Waals surface area contributed by atoms with E-state index in [0.717, 1.165) is 29.3 Å². The summed E-state index contributed by atoms with van der Waals surface area (Å²) in [6.07, 6.45) is 2.91. The molecular weight excluding hydrogens is 328 g/mol. The molecule has 2 rings (SSSR count). The molecule has 0 radical (unpaired) electrons. The Morgan fingerprint density at radius 1 is 1.42 bits per heavy atom. The summed E-state index contributed by atoms with van der Waals surface area (Å²) in [6, 6.07) is 5.16. The van der Waals surface area contributed by atoms with E-state index >= 15 is 0 Å². The number of hydrogen-bond acceptors (Lipinski definition) is 3. The Labute approximate surface area is 122 Å². The number of nitrogens with one attached hydrogen (secondary N) is 1. The second kappa shape index (κ2) is 5.91. The van der Waals surface area contributed by atoms with Gasteiger partial charge in [0.05, 0.1) is 4.90 Å². The summed E-state index contributed by atoms with van der Waals surface area (Å²) in [7, 11) is -3.46. The van der Waals surface area contributed by atoms with Crippen LogP contribution in [0.5, 0.6) is 0 Å². The lowest BCUT2D eigenvalue weighted by molar-refractivity contribution is 0.452. The van der Waals surface area contributed by atoms with Crippen molar-refractivity contribution in [3.63, 3.8) is 0 Å². The second-order valence-corrected chi connectivity index (χ2v) is 7.66. The Hall–Kier alpha value is -0.430. The maximum absolute atomic E-state index is 12.4. The molecule has 0 spiro atoms. The van der Waals surface area contributed by atoms with E-state index in [2.05, 4.69) is 20.7 Å². The van der Waals surface area contributed by atoms with Crippen LogP contribution in [0.1, 0.15) is 24.8 Å². The highest BCUT2D eigenvalue weighted by Crippen LogP contribution is 2.27. The van der Waals surface area contributed by atoms with Crippen LogP contribution in [-0.2, 0) is 10.0 Å². The minimum atomic E-state index is -3.46. The van der Waals surface area contributed by atoms with E-state index in [9.17, 15) is 8.42 Å². The molecule has 106 valence electrons. The van der Waals surface area contributed by atoms with Crippen LogP contribution in [0.15, 0.2) is 27.6 Å². The van der Waals surface area contributed by atoms with Crippen molar-refractivity contribution >= 4 is 26.0 Å². The monoisotopic (exact) mass is 346 g/mol. The molecule has 0 bridgehead atoms. The Bertz CT molecular complexity index is 560. The van der Waals surface area contributed by atoms with Gasteiger partial charge in [-0.05, 0) is 56.0 Å². The van der Waals surface area contributed by atoms with E-state index in [4.69, 9.17) is 5.73 Å². The number of halogens is 1. The first-order chi connectivity index (χ1) is 8.94. The molecule has 0 aromatic heterocycles. The van der Waals surface area contributed by atoms with Gasteiger partial charge in [-0.1, -0.05) is 22.4 Å². The fourth-order valence-electron chi connectivity index (χ4n) is 2.65. The lowest BCUT2D eigenvalue weighted by Gasteiger charge is -2.20. The smallest absolute Gasteiger partial charge is 0.241 e. The number of sulfonamides is 1. The third-order valence-electron chi connectivity index (χ3n) is 3.69. The number of aryl methyl sites for hydroxylation is 1. The predicted octanol–water partition coefficient (Wildman–Crippen LogP) is 2.16. The summed E-state index contributed by atoms with van der Waals surface area (Å²) in [6.45, 7) is 2.33. The molecule has 0 amide bonds. The molecule has 1 aliphatic carbocycles. The zero-order valence-corrected chi connectivity index (χ0v) is 13.3. The third kappa shape index (κ3) is 3.37. The van der Waals surface area contributed by atoms with Gasteiger partial charge in [-0.2, -0.15) is 0 Å². The van der Waals surface area contributed by atoms with Crippen LogP contribution in [0.3, 0.4) is 0 Å². The van der Waals surface area contributed by atoms with Crippen LogP contribution >= 0.6 is 15.9 Å². The van der Waals surface area contributed by atoms with Crippen molar-refractivity contribution in [3.05, 3.63) is 28.2 Å². The average Bonchev–Trinajstić information content (AvgIpc) is 2.74. The highest BCUT2D eigenvalue weighted by molar-refractivity contribution is 9.10. The van der Waals surface area contributed by atoms with Gasteiger partial charge < -0.3 is 5.73 Å². The normalized spacial score (nSPS) is 23.7. The maximum Gasteiger partial charge on any atom is 0.241 e. The van der Waals surface area contributed by atoms with Crippen LogP contribution < -0.4 is 10.5 Å². The lowest BCUT2D eigenvalue weighted by Crippen LogP contribution is -2.40. The Balaban J connectivity index is 2.23. The molecule has 6 heteroatoms. The van der Waals surface area contributed by atoms with E-state index in [0.29, 0.717) is 11.4 Å². The topological polar surface area (TPSA) is 72.2 Å². The summed E-state index contributed by atoms with van der Waals surface area (Å²) in [5.74, 6) is 0.255. The molecule has 4 nitrogen and oxygen atoms in total. The van der Waals surface area contributed by atoms with Crippen LogP contribution in [-0.4, -0.2) is 21.0 Å². The van der Waals surface area contributed by atoms with Gasteiger partial charge in [0, 0.05) is 10.5 Å². The number of benzene rings is 1. The summed E-state index contributed by atoms with van der Waals surface area (Å²) in [5.41, 5.74) is 6.43. The lowest BCUT2D eigenvalue weighted by atomic mass is 10.1. The van der Waals surface area contributed by atoms with Gasteiger partial charge in [-0.15, -0.1) is 0 Å². The maximum atomic E-state index is 12.4. The van der Waals surface area contributed by atoms with Crippen molar-refractivity contribution < 1.29 is 8.42 Å². The van der Waals surface area contributed by atoms with E-state index < -0.39 is 10.0 Å². The molecule has 1 aromatic carbocycles. The van der Waals surface area contributed by atoms with Gasteiger partial charge in [0.1, 0.15) is 0 Å². The molecule has 0 saturated heterocycles. The first-order valence-electron chi connectivity index (χ1n) is 6.42. The highest BCUT2D eigenvalue weighted by Gasteiger charge is 2.30. The molecule has 0 aliphatic heterocycles. The predicted molar refractivity (Wildman–Crippen MR) is 79.4 cm³/mol. The second-order valence-electron chi connectivity index (χ2n) is 5.06. The average molecular weight is 347 g/mol. The van der Waals surface area contributed by atoms with E-state index in [1.807, 2.05) is 6.07 Å². The van der Waals surface area contributed by atoms with Crippen molar-refractivity contribution in [2.24, 2.45) is 11.7 Å². The van der Waals surface area contributed by atoms with E-state index in [-0.39, 0.29) is 12.0 Å². The fraction of sp³-hybridized carbons (Fsp3) is 0.538. The molecule has 1 saturated carbocycles. The summed E-state index contributed by atoms with van der Waals surface area (Å²) >= 11 is 3.34. The number of rotatable bonds is 4. The van der Waals surface area contributed by atoms with Gasteiger partial charge in [-0.25, -0.2) is 13.1 Å². The summed E-state index contributed by atoms with van der Waals surface area (Å²) in [5, 5.41) is 0. The molecule has 1 aromatic rings. The van der Waals surface area contributed by atoms with Crippen molar-refractivity contribution in [2.45, 2.75) is 37.1 Å². The zero-order chi connectivity index (χ0) is 14.0. The molecular formula is C13H19BrN2O2S. The number of hydrogen-bond donors (Lipinski definition) is 2. The zero-order valence-electron chi connectivity index (χ0n) is 10.9. The first-order valence-corrected chi connectivity index (χ1v) is 8.70. The fourth-order valence-corrected chi connectivity index (χ4v) is 4.69. The third-order valence-corrected chi connectivity index (χ3v) is 5.84. The van der Waals surface area contributed by atoms with Crippen LogP contribution in [0.25, 0.3) is 0 Å². The molecule has 0 heterocycles. The molecule has 2 atom stereocenters. The van der Waals surface area contributed by atoms with Gasteiger partial charge in [0.2, 0.25) is 10.0 Å². The molecule has 3 N–H and O–H groups in total. The van der Waals surface area contributed by atoms with Crippen LogP contribution in [0.4, 0.5) is 0 Å².